The van der Waals surface area contributed by atoms with E-state index in [1.54, 1.807) is 30.3 Å². The summed E-state index contributed by atoms with van der Waals surface area (Å²) in [4.78, 5) is 37.1. The topological polar surface area (TPSA) is 103 Å². The van der Waals surface area contributed by atoms with Crippen molar-refractivity contribution in [2.24, 2.45) is 0 Å². The fourth-order valence-electron chi connectivity index (χ4n) is 3.18. The van der Waals surface area contributed by atoms with Crippen LogP contribution in [0.15, 0.2) is 57.9 Å². The number of nitro benzene ring substituents is 1. The molecule has 0 saturated carbocycles. The van der Waals surface area contributed by atoms with Crippen molar-refractivity contribution in [3.8, 4) is 17.1 Å². The molecular weight excluding hydrogens is 491 g/mol. The molecule has 4 rings (SSSR count). The number of ether oxygens (including phenoxy) is 1. The van der Waals surface area contributed by atoms with Gasteiger partial charge >= 0.3 is 0 Å². The molecule has 33 heavy (non-hydrogen) atoms. The Kier molecular flexibility index (Phi) is 6.46. The molecule has 168 valence electrons. The summed E-state index contributed by atoms with van der Waals surface area (Å²) >= 11 is 13.1. The van der Waals surface area contributed by atoms with Crippen molar-refractivity contribution in [3.63, 3.8) is 0 Å². The highest BCUT2D eigenvalue weighted by Gasteiger charge is 2.36. The van der Waals surface area contributed by atoms with Gasteiger partial charge in [0.25, 0.3) is 16.8 Å². The smallest absolute Gasteiger partial charge is 0.293 e. The average Bonchev–Trinajstić information content (AvgIpc) is 3.35. The number of halogens is 2. The molecule has 1 saturated heterocycles. The quantitative estimate of drug-likeness (QED) is 0.217. The zero-order chi connectivity index (χ0) is 23.7. The van der Waals surface area contributed by atoms with Crippen LogP contribution in [0.5, 0.6) is 5.75 Å². The van der Waals surface area contributed by atoms with Crippen molar-refractivity contribution in [1.82, 2.24) is 4.90 Å². The number of amides is 2. The van der Waals surface area contributed by atoms with E-state index in [-0.39, 0.29) is 17.1 Å². The van der Waals surface area contributed by atoms with Crippen LogP contribution in [0.2, 0.25) is 10.0 Å². The van der Waals surface area contributed by atoms with Gasteiger partial charge in [0, 0.05) is 33.8 Å². The summed E-state index contributed by atoms with van der Waals surface area (Å²) in [5.74, 6) is 0.481. The molecule has 0 spiro atoms. The van der Waals surface area contributed by atoms with E-state index in [1.807, 2.05) is 0 Å². The van der Waals surface area contributed by atoms with Crippen molar-refractivity contribution in [2.75, 3.05) is 7.11 Å². The first-order valence-corrected chi connectivity index (χ1v) is 11.0. The number of benzene rings is 2. The zero-order valence-electron chi connectivity index (χ0n) is 16.9. The van der Waals surface area contributed by atoms with Crippen molar-refractivity contribution in [3.05, 3.63) is 84.9 Å². The van der Waals surface area contributed by atoms with Gasteiger partial charge < -0.3 is 9.15 Å². The minimum atomic E-state index is -0.520. The highest BCUT2D eigenvalue weighted by molar-refractivity contribution is 8.18. The van der Waals surface area contributed by atoms with Gasteiger partial charge in [-0.1, -0.05) is 29.3 Å². The molecular formula is C22H14Cl2N2O6S. The van der Waals surface area contributed by atoms with Crippen LogP contribution in [0.3, 0.4) is 0 Å². The van der Waals surface area contributed by atoms with Crippen molar-refractivity contribution < 1.29 is 23.7 Å². The number of carbonyl (C=O) groups excluding carboxylic acids is 2. The highest BCUT2D eigenvalue weighted by Crippen LogP contribution is 2.38. The second-order valence-electron chi connectivity index (χ2n) is 6.81. The molecule has 2 amide bonds. The summed E-state index contributed by atoms with van der Waals surface area (Å²) in [7, 11) is 1.44. The molecule has 1 fully saturated rings. The molecule has 0 aliphatic carbocycles. The van der Waals surface area contributed by atoms with Crippen LogP contribution in [0, 0.1) is 10.1 Å². The maximum atomic E-state index is 12.8. The Balaban J connectivity index is 1.60. The Morgan fingerprint density at radius 2 is 1.88 bits per heavy atom. The van der Waals surface area contributed by atoms with Gasteiger partial charge in [-0.15, -0.1) is 0 Å². The molecule has 1 aliphatic rings. The monoisotopic (exact) mass is 504 g/mol. The van der Waals surface area contributed by atoms with E-state index in [0.717, 1.165) is 16.7 Å². The number of furan rings is 1. The number of thioether (sulfide) groups is 1. The predicted molar refractivity (Wildman–Crippen MR) is 125 cm³/mol. The number of rotatable bonds is 6. The Bertz CT molecular complexity index is 1300. The molecule has 0 unspecified atom stereocenters. The highest BCUT2D eigenvalue weighted by atomic mass is 35.5. The molecule has 0 bridgehead atoms. The lowest BCUT2D eigenvalue weighted by atomic mass is 10.1. The Morgan fingerprint density at radius 1 is 1.15 bits per heavy atom. The van der Waals surface area contributed by atoms with Gasteiger partial charge in [-0.3, -0.25) is 24.6 Å². The number of carbonyl (C=O) groups is 2. The third-order valence-corrected chi connectivity index (χ3v) is 6.43. The molecule has 3 aromatic rings. The third-order valence-electron chi connectivity index (χ3n) is 4.81. The molecule has 0 atom stereocenters. The SMILES string of the molecule is COc1ccc([N+](=O)[O-])cc1-c1ccc(/C=C2\SC(=O)N(Cc3c(Cl)cccc3Cl)C2=O)o1. The Morgan fingerprint density at radius 3 is 2.55 bits per heavy atom. The van der Waals surface area contributed by atoms with Crippen molar-refractivity contribution >= 4 is 57.9 Å². The standard InChI is InChI=1S/C22H14Cl2N2O6S/c1-31-18-7-5-12(26(29)30)9-14(18)19-8-6-13(32-19)10-20-21(27)25(22(28)33-20)11-15-16(23)3-2-4-17(15)24/h2-10H,11H2,1H3/b20-10-. The van der Waals surface area contributed by atoms with Crippen molar-refractivity contribution in [2.45, 2.75) is 6.54 Å². The third kappa shape index (κ3) is 4.61. The van der Waals surface area contributed by atoms with Gasteiger partial charge in [0.15, 0.2) is 0 Å². The molecule has 0 radical (unpaired) electrons. The van der Waals surface area contributed by atoms with E-state index in [9.17, 15) is 19.7 Å². The zero-order valence-corrected chi connectivity index (χ0v) is 19.2. The summed E-state index contributed by atoms with van der Waals surface area (Å²) in [5.41, 5.74) is 0.735. The van der Waals surface area contributed by atoms with Gasteiger partial charge in [-0.05, 0) is 42.1 Å². The second kappa shape index (κ2) is 9.30. The molecule has 2 aromatic carbocycles. The van der Waals surface area contributed by atoms with E-state index in [2.05, 4.69) is 0 Å². The van der Waals surface area contributed by atoms with Crippen molar-refractivity contribution in [1.29, 1.82) is 0 Å². The minimum Gasteiger partial charge on any atom is -0.496 e. The van der Waals surface area contributed by atoms with Gasteiger partial charge in [0.1, 0.15) is 17.3 Å². The maximum absolute atomic E-state index is 12.8. The van der Waals surface area contributed by atoms with Gasteiger partial charge in [0.05, 0.1) is 29.0 Å². The number of hydrogen-bond acceptors (Lipinski definition) is 7. The van der Waals surface area contributed by atoms with Crippen LogP contribution in [0.1, 0.15) is 11.3 Å². The largest absolute Gasteiger partial charge is 0.496 e. The minimum absolute atomic E-state index is 0.0607. The van der Waals surface area contributed by atoms with Gasteiger partial charge in [-0.2, -0.15) is 0 Å². The normalized spacial score (nSPS) is 14.9. The van der Waals surface area contributed by atoms with Gasteiger partial charge in [-0.25, -0.2) is 0 Å². The van der Waals surface area contributed by atoms with E-state index in [0.29, 0.717) is 38.4 Å². The van der Waals surface area contributed by atoms with Gasteiger partial charge in [0.2, 0.25) is 0 Å². The average molecular weight is 505 g/mol. The van der Waals surface area contributed by atoms with Crippen LogP contribution in [-0.2, 0) is 11.3 Å². The molecule has 2 heterocycles. The molecule has 1 aromatic heterocycles. The fraction of sp³-hybridized carbons (Fsp3) is 0.0909. The number of nitrogens with zero attached hydrogens (tertiary/aromatic N) is 2. The Labute approximate surface area is 201 Å². The number of methoxy groups -OCH3 is 1. The molecule has 8 nitrogen and oxygen atoms in total. The lowest BCUT2D eigenvalue weighted by Gasteiger charge is -2.14. The lowest BCUT2D eigenvalue weighted by Crippen LogP contribution is -2.27. The fourth-order valence-corrected chi connectivity index (χ4v) is 4.52. The first kappa shape index (κ1) is 22.9. The molecule has 11 heteroatoms. The van der Waals surface area contributed by atoms with Crippen LogP contribution in [0.4, 0.5) is 10.5 Å². The molecule has 0 N–H and O–H groups in total. The number of hydrogen-bond donors (Lipinski definition) is 0. The van der Waals surface area contributed by atoms with E-state index < -0.39 is 16.1 Å². The van der Waals surface area contributed by atoms with E-state index in [1.165, 1.54) is 31.4 Å². The summed E-state index contributed by atoms with van der Waals surface area (Å²) in [5, 5.41) is 11.4. The van der Waals surface area contributed by atoms with Crippen LogP contribution < -0.4 is 4.74 Å². The second-order valence-corrected chi connectivity index (χ2v) is 8.62. The number of imide groups is 1. The lowest BCUT2D eigenvalue weighted by molar-refractivity contribution is -0.384. The molecule has 1 aliphatic heterocycles. The number of nitro groups is 1. The van der Waals surface area contributed by atoms with Crippen LogP contribution >= 0.6 is 35.0 Å². The maximum Gasteiger partial charge on any atom is 0.293 e. The van der Waals surface area contributed by atoms with Crippen LogP contribution in [0.25, 0.3) is 17.4 Å². The summed E-state index contributed by atoms with van der Waals surface area (Å²) in [6, 6.07) is 12.3. The van der Waals surface area contributed by atoms with E-state index in [4.69, 9.17) is 32.4 Å². The first-order valence-electron chi connectivity index (χ1n) is 9.39. The summed E-state index contributed by atoms with van der Waals surface area (Å²) in [6.07, 6.45) is 1.44. The van der Waals surface area contributed by atoms with Crippen LogP contribution in [-0.4, -0.2) is 28.1 Å². The summed E-state index contributed by atoms with van der Waals surface area (Å²) < 4.78 is 11.0. The first-order chi connectivity index (χ1) is 15.8. The van der Waals surface area contributed by atoms with E-state index >= 15 is 0 Å². The Hall–Kier alpha value is -3.27. The summed E-state index contributed by atoms with van der Waals surface area (Å²) in [6.45, 7) is -0.0607. The number of non-ortho nitro benzene ring substituents is 1. The predicted octanol–water partition coefficient (Wildman–Crippen LogP) is 6.41.